The first-order valence-corrected chi connectivity index (χ1v) is 4.93. The predicted molar refractivity (Wildman–Crippen MR) is 53.8 cm³/mol. The Bertz CT molecular complexity index is 204. The highest BCUT2D eigenvalue weighted by molar-refractivity contribution is 5.87. The van der Waals surface area contributed by atoms with Gasteiger partial charge in [0.1, 0.15) is 0 Å². The monoisotopic (exact) mass is 201 g/mol. The van der Waals surface area contributed by atoms with Crippen molar-refractivity contribution < 1.29 is 14.7 Å². The van der Waals surface area contributed by atoms with Gasteiger partial charge in [-0.1, -0.05) is 20.3 Å². The highest BCUT2D eigenvalue weighted by atomic mass is 16.3. The fourth-order valence-electron chi connectivity index (χ4n) is 1.23. The Hall–Kier alpha value is -0.900. The van der Waals surface area contributed by atoms with E-state index in [1.807, 2.05) is 13.8 Å². The van der Waals surface area contributed by atoms with Gasteiger partial charge >= 0.3 is 0 Å². The van der Waals surface area contributed by atoms with Crippen molar-refractivity contribution in [3.63, 3.8) is 0 Å². The average Bonchev–Trinajstić information content (AvgIpc) is 2.13. The quantitative estimate of drug-likeness (QED) is 0.657. The summed E-state index contributed by atoms with van der Waals surface area (Å²) in [6, 6.07) is -0.418. The lowest BCUT2D eigenvalue weighted by Gasteiger charge is -2.21. The van der Waals surface area contributed by atoms with Gasteiger partial charge in [-0.05, 0) is 12.8 Å². The number of hydrogen-bond donors (Lipinski definition) is 2. The summed E-state index contributed by atoms with van der Waals surface area (Å²) in [5.74, 6) is -0.172. The van der Waals surface area contributed by atoms with Crippen molar-refractivity contribution in [3.8, 4) is 0 Å². The van der Waals surface area contributed by atoms with Crippen molar-refractivity contribution in [2.24, 2.45) is 5.92 Å². The fraction of sp³-hybridized carbons (Fsp3) is 0.800. The maximum absolute atomic E-state index is 11.2. The van der Waals surface area contributed by atoms with Crippen LogP contribution >= 0.6 is 0 Å². The SMILES string of the molecule is CC[C@H](C)C(NC(=O)CCO)C(C)=O. The lowest BCUT2D eigenvalue weighted by molar-refractivity contribution is -0.128. The lowest BCUT2D eigenvalue weighted by atomic mass is 9.96. The predicted octanol–water partition coefficient (Wildman–Crippen LogP) is 0.489. The van der Waals surface area contributed by atoms with Gasteiger partial charge in [0.15, 0.2) is 5.78 Å². The van der Waals surface area contributed by atoms with Crippen LogP contribution in [0.4, 0.5) is 0 Å². The van der Waals surface area contributed by atoms with E-state index in [1.165, 1.54) is 6.92 Å². The zero-order valence-electron chi connectivity index (χ0n) is 9.04. The van der Waals surface area contributed by atoms with E-state index < -0.39 is 6.04 Å². The Morgan fingerprint density at radius 2 is 2.00 bits per heavy atom. The van der Waals surface area contributed by atoms with Gasteiger partial charge in [0, 0.05) is 6.42 Å². The number of carbonyl (C=O) groups excluding carboxylic acids is 2. The summed E-state index contributed by atoms with van der Waals surface area (Å²) in [5, 5.41) is 11.2. The van der Waals surface area contributed by atoms with E-state index >= 15 is 0 Å². The molecule has 0 aromatic rings. The normalized spacial score (nSPS) is 14.6. The Morgan fingerprint density at radius 1 is 1.43 bits per heavy atom. The van der Waals surface area contributed by atoms with E-state index in [0.29, 0.717) is 0 Å². The third kappa shape index (κ3) is 4.37. The smallest absolute Gasteiger partial charge is 0.222 e. The highest BCUT2D eigenvalue weighted by Crippen LogP contribution is 2.08. The molecule has 0 rings (SSSR count). The van der Waals surface area contributed by atoms with Gasteiger partial charge < -0.3 is 10.4 Å². The fourth-order valence-corrected chi connectivity index (χ4v) is 1.23. The van der Waals surface area contributed by atoms with Gasteiger partial charge in [0.25, 0.3) is 0 Å². The molecule has 0 heterocycles. The molecular weight excluding hydrogens is 182 g/mol. The molecule has 0 bridgehead atoms. The van der Waals surface area contributed by atoms with Crippen LogP contribution in [0.1, 0.15) is 33.6 Å². The van der Waals surface area contributed by atoms with Crippen LogP contribution in [0.5, 0.6) is 0 Å². The molecule has 4 heteroatoms. The maximum Gasteiger partial charge on any atom is 0.222 e. The van der Waals surface area contributed by atoms with Crippen LogP contribution in [0.2, 0.25) is 0 Å². The molecule has 0 aromatic heterocycles. The number of amides is 1. The molecule has 0 saturated heterocycles. The number of aliphatic hydroxyl groups is 1. The summed E-state index contributed by atoms with van der Waals surface area (Å²) in [4.78, 5) is 22.4. The molecule has 0 saturated carbocycles. The molecule has 1 unspecified atom stereocenters. The number of carbonyl (C=O) groups is 2. The molecule has 0 spiro atoms. The van der Waals surface area contributed by atoms with Crippen molar-refractivity contribution in [2.75, 3.05) is 6.61 Å². The molecule has 0 aliphatic heterocycles. The van der Waals surface area contributed by atoms with Crippen LogP contribution < -0.4 is 5.32 Å². The highest BCUT2D eigenvalue weighted by Gasteiger charge is 2.21. The molecule has 1 amide bonds. The van der Waals surface area contributed by atoms with Gasteiger partial charge in [-0.25, -0.2) is 0 Å². The Labute approximate surface area is 84.7 Å². The molecule has 14 heavy (non-hydrogen) atoms. The van der Waals surface area contributed by atoms with Gasteiger partial charge in [-0.2, -0.15) is 0 Å². The first-order chi connectivity index (χ1) is 6.52. The second-order valence-electron chi connectivity index (χ2n) is 3.51. The van der Waals surface area contributed by atoms with E-state index in [0.717, 1.165) is 6.42 Å². The standard InChI is InChI=1S/C10H19NO3/c1-4-7(2)10(8(3)13)11-9(14)5-6-12/h7,10,12H,4-6H2,1-3H3,(H,11,14)/t7-,10?/m0/s1. The minimum atomic E-state index is -0.418. The number of Topliss-reactive ketones (excluding diaryl/α,β-unsaturated/α-hetero) is 1. The van der Waals surface area contributed by atoms with Gasteiger partial charge in [0.2, 0.25) is 5.91 Å². The van der Waals surface area contributed by atoms with Gasteiger partial charge in [-0.15, -0.1) is 0 Å². The van der Waals surface area contributed by atoms with Crippen molar-refractivity contribution in [1.82, 2.24) is 5.32 Å². The summed E-state index contributed by atoms with van der Waals surface area (Å²) in [6.45, 7) is 5.18. The lowest BCUT2D eigenvalue weighted by Crippen LogP contribution is -2.44. The number of ketones is 1. The van der Waals surface area contributed by atoms with Crippen LogP contribution in [0.3, 0.4) is 0 Å². The number of hydrogen-bond acceptors (Lipinski definition) is 3. The van der Waals surface area contributed by atoms with Crippen molar-refractivity contribution in [1.29, 1.82) is 0 Å². The molecule has 0 radical (unpaired) electrons. The van der Waals surface area contributed by atoms with Crippen molar-refractivity contribution >= 4 is 11.7 Å². The molecule has 4 nitrogen and oxygen atoms in total. The Kier molecular flexibility index (Phi) is 6.12. The summed E-state index contributed by atoms with van der Waals surface area (Å²) in [6.07, 6.45) is 0.893. The third-order valence-corrected chi connectivity index (χ3v) is 2.31. The van der Waals surface area contributed by atoms with Crippen molar-refractivity contribution in [2.45, 2.75) is 39.7 Å². The van der Waals surface area contributed by atoms with E-state index in [9.17, 15) is 9.59 Å². The van der Waals surface area contributed by atoms with E-state index in [2.05, 4.69) is 5.32 Å². The zero-order chi connectivity index (χ0) is 11.1. The van der Waals surface area contributed by atoms with Crippen LogP contribution in [0.15, 0.2) is 0 Å². The van der Waals surface area contributed by atoms with E-state index in [-0.39, 0.29) is 30.6 Å². The van der Waals surface area contributed by atoms with Crippen LogP contribution in [0.25, 0.3) is 0 Å². The van der Waals surface area contributed by atoms with Crippen LogP contribution in [0, 0.1) is 5.92 Å². The molecule has 0 aliphatic rings. The topological polar surface area (TPSA) is 66.4 Å². The molecule has 2 N–H and O–H groups in total. The van der Waals surface area contributed by atoms with Gasteiger partial charge in [0.05, 0.1) is 12.6 Å². The van der Waals surface area contributed by atoms with Crippen molar-refractivity contribution in [3.05, 3.63) is 0 Å². The number of nitrogens with one attached hydrogen (secondary N) is 1. The van der Waals surface area contributed by atoms with Crippen LogP contribution in [-0.4, -0.2) is 29.4 Å². The minimum absolute atomic E-state index is 0.0364. The second kappa shape index (κ2) is 6.54. The summed E-state index contributed by atoms with van der Waals surface area (Å²) >= 11 is 0. The van der Waals surface area contributed by atoms with E-state index in [4.69, 9.17) is 5.11 Å². The van der Waals surface area contributed by atoms with Crippen LogP contribution in [-0.2, 0) is 9.59 Å². The summed E-state index contributed by atoms with van der Waals surface area (Å²) in [5.41, 5.74) is 0. The average molecular weight is 201 g/mol. The largest absolute Gasteiger partial charge is 0.396 e. The minimum Gasteiger partial charge on any atom is -0.396 e. The molecule has 0 fully saturated rings. The molecule has 2 atom stereocenters. The maximum atomic E-state index is 11.2. The summed E-state index contributed by atoms with van der Waals surface area (Å²) in [7, 11) is 0. The number of rotatable bonds is 6. The molecule has 0 aromatic carbocycles. The first kappa shape index (κ1) is 13.1. The molecule has 82 valence electrons. The second-order valence-corrected chi connectivity index (χ2v) is 3.51. The third-order valence-electron chi connectivity index (χ3n) is 2.31. The Morgan fingerprint density at radius 3 is 2.36 bits per heavy atom. The summed E-state index contributed by atoms with van der Waals surface area (Å²) < 4.78 is 0. The van der Waals surface area contributed by atoms with Gasteiger partial charge in [-0.3, -0.25) is 9.59 Å². The molecule has 0 aliphatic carbocycles. The van der Waals surface area contributed by atoms with E-state index in [1.54, 1.807) is 0 Å². The molecular formula is C10H19NO3. The zero-order valence-corrected chi connectivity index (χ0v) is 9.04. The Balaban J connectivity index is 4.23. The first-order valence-electron chi connectivity index (χ1n) is 4.93. The number of aliphatic hydroxyl groups excluding tert-OH is 1.